The van der Waals surface area contributed by atoms with Gasteiger partial charge < -0.3 is 5.32 Å². The molecule has 0 spiro atoms. The summed E-state index contributed by atoms with van der Waals surface area (Å²) in [5, 5.41) is 6.47. The van der Waals surface area contributed by atoms with Gasteiger partial charge in [0.05, 0.1) is 5.25 Å². The average Bonchev–Trinajstić information content (AvgIpc) is 2.59. The molecule has 7 heteroatoms. The Bertz CT molecular complexity index is 426. The molecule has 1 atom stereocenters. The Morgan fingerprint density at radius 2 is 2.25 bits per heavy atom. The van der Waals surface area contributed by atoms with Gasteiger partial charge in [0.25, 0.3) is 0 Å². The second-order valence-corrected chi connectivity index (χ2v) is 5.74. The maximum Gasteiger partial charge on any atom is 0.237 e. The van der Waals surface area contributed by atoms with E-state index < -0.39 is 15.3 Å². The third kappa shape index (κ3) is 3.49. The van der Waals surface area contributed by atoms with E-state index in [1.54, 1.807) is 30.9 Å². The van der Waals surface area contributed by atoms with Gasteiger partial charge in [-0.3, -0.25) is 9.40 Å². The molecule has 1 aromatic rings. The van der Waals surface area contributed by atoms with Crippen LogP contribution in [0.15, 0.2) is 12.3 Å². The Morgan fingerprint density at radius 1 is 1.56 bits per heavy atom. The number of hydrogen-bond acceptors (Lipinski definition) is 4. The fourth-order valence-corrected chi connectivity index (χ4v) is 2.11. The molecule has 0 fully saturated rings. The van der Waals surface area contributed by atoms with Crippen LogP contribution in [0.5, 0.6) is 0 Å². The summed E-state index contributed by atoms with van der Waals surface area (Å²) in [6.45, 7) is 4.78. The minimum Gasteiger partial charge on any atom is -0.316 e. The highest BCUT2D eigenvalue weighted by Gasteiger charge is 2.20. The summed E-state index contributed by atoms with van der Waals surface area (Å²) in [5.41, 5.74) is 0. The van der Waals surface area contributed by atoms with Crippen LogP contribution in [0.1, 0.15) is 13.8 Å². The second-order valence-electron chi connectivity index (χ2n) is 3.64. The molecule has 1 heterocycles. The van der Waals surface area contributed by atoms with Crippen molar-refractivity contribution in [3.8, 4) is 0 Å². The number of aryl methyl sites for hydroxylation is 1. The summed E-state index contributed by atoms with van der Waals surface area (Å²) in [7, 11) is -1.62. The number of hydrogen-bond donors (Lipinski definition) is 2. The monoisotopic (exact) mass is 246 g/mol. The van der Waals surface area contributed by atoms with Crippen molar-refractivity contribution in [3.63, 3.8) is 0 Å². The SMILES string of the molecule is CCNCC(C)S(=O)(=O)Nc1ccn(C)n1. The first-order valence-corrected chi connectivity index (χ1v) is 6.72. The van der Waals surface area contributed by atoms with Gasteiger partial charge in [0.15, 0.2) is 5.82 Å². The normalized spacial score (nSPS) is 13.7. The van der Waals surface area contributed by atoms with Gasteiger partial charge in [0, 0.05) is 25.9 Å². The average molecular weight is 246 g/mol. The third-order valence-corrected chi connectivity index (χ3v) is 3.89. The van der Waals surface area contributed by atoms with E-state index in [1.807, 2.05) is 6.92 Å². The first-order valence-electron chi connectivity index (χ1n) is 5.17. The molecule has 0 aliphatic rings. The molecule has 0 aliphatic carbocycles. The molecular weight excluding hydrogens is 228 g/mol. The lowest BCUT2D eigenvalue weighted by molar-refractivity contribution is 0.579. The lowest BCUT2D eigenvalue weighted by Crippen LogP contribution is -2.34. The zero-order valence-electron chi connectivity index (χ0n) is 9.77. The smallest absolute Gasteiger partial charge is 0.237 e. The molecular formula is C9H18N4O2S. The Balaban J connectivity index is 2.64. The first kappa shape index (κ1) is 13.0. The molecule has 6 nitrogen and oxygen atoms in total. The maximum atomic E-state index is 11.8. The van der Waals surface area contributed by atoms with E-state index in [2.05, 4.69) is 15.1 Å². The van der Waals surface area contributed by atoms with Crippen LogP contribution < -0.4 is 10.0 Å². The van der Waals surface area contributed by atoms with Gasteiger partial charge in [-0.1, -0.05) is 6.92 Å². The highest BCUT2D eigenvalue weighted by Crippen LogP contribution is 2.08. The highest BCUT2D eigenvalue weighted by atomic mass is 32.2. The van der Waals surface area contributed by atoms with Crippen molar-refractivity contribution in [2.75, 3.05) is 17.8 Å². The fourth-order valence-electron chi connectivity index (χ4n) is 1.17. The van der Waals surface area contributed by atoms with Crippen molar-refractivity contribution in [1.29, 1.82) is 0 Å². The highest BCUT2D eigenvalue weighted by molar-refractivity contribution is 7.93. The lowest BCUT2D eigenvalue weighted by Gasteiger charge is -2.13. The predicted octanol–water partition coefficient (Wildman–Crippen LogP) is 0.160. The topological polar surface area (TPSA) is 76.0 Å². The van der Waals surface area contributed by atoms with Gasteiger partial charge in [0.1, 0.15) is 0 Å². The lowest BCUT2D eigenvalue weighted by atomic mass is 10.5. The third-order valence-electron chi connectivity index (χ3n) is 2.17. The molecule has 0 saturated carbocycles. The van der Waals surface area contributed by atoms with Gasteiger partial charge in [-0.25, -0.2) is 8.42 Å². The number of nitrogens with one attached hydrogen (secondary N) is 2. The van der Waals surface area contributed by atoms with Crippen LogP contribution in [0, 0.1) is 0 Å². The number of nitrogens with zero attached hydrogens (tertiary/aromatic N) is 2. The minimum atomic E-state index is -3.36. The summed E-state index contributed by atoms with van der Waals surface area (Å²) >= 11 is 0. The largest absolute Gasteiger partial charge is 0.316 e. The van der Waals surface area contributed by atoms with Crippen LogP contribution in [0.4, 0.5) is 5.82 Å². The van der Waals surface area contributed by atoms with Crippen molar-refractivity contribution < 1.29 is 8.42 Å². The van der Waals surface area contributed by atoms with Crippen molar-refractivity contribution in [1.82, 2.24) is 15.1 Å². The number of rotatable bonds is 6. The van der Waals surface area contributed by atoms with E-state index in [1.165, 1.54) is 0 Å². The van der Waals surface area contributed by atoms with E-state index in [9.17, 15) is 8.42 Å². The molecule has 0 radical (unpaired) electrons. The zero-order chi connectivity index (χ0) is 12.2. The molecule has 0 bridgehead atoms. The standard InChI is InChI=1S/C9H18N4O2S/c1-4-10-7-8(2)16(14,15)12-9-5-6-13(3)11-9/h5-6,8,10H,4,7H2,1-3H3,(H,11,12). The molecule has 2 N–H and O–H groups in total. The first-order chi connectivity index (χ1) is 7.45. The van der Waals surface area contributed by atoms with Crippen LogP contribution in [0.2, 0.25) is 0 Å². The van der Waals surface area contributed by atoms with Crippen LogP contribution in [0.25, 0.3) is 0 Å². The van der Waals surface area contributed by atoms with Gasteiger partial charge in [-0.2, -0.15) is 5.10 Å². The molecule has 1 rings (SSSR count). The molecule has 1 unspecified atom stereocenters. The minimum absolute atomic E-state index is 0.353. The maximum absolute atomic E-state index is 11.8. The van der Waals surface area contributed by atoms with E-state index in [4.69, 9.17) is 0 Å². The van der Waals surface area contributed by atoms with E-state index in [-0.39, 0.29) is 0 Å². The summed E-state index contributed by atoms with van der Waals surface area (Å²) in [6, 6.07) is 1.62. The van der Waals surface area contributed by atoms with Crippen molar-refractivity contribution >= 4 is 15.8 Å². The van der Waals surface area contributed by atoms with E-state index in [0.29, 0.717) is 12.4 Å². The summed E-state index contributed by atoms with van der Waals surface area (Å²) in [4.78, 5) is 0. The van der Waals surface area contributed by atoms with Crippen molar-refractivity contribution in [3.05, 3.63) is 12.3 Å². The second kappa shape index (κ2) is 5.31. The summed E-state index contributed by atoms with van der Waals surface area (Å²) in [5.74, 6) is 0.353. The molecule has 0 aliphatic heterocycles. The zero-order valence-corrected chi connectivity index (χ0v) is 10.6. The number of sulfonamides is 1. The molecule has 92 valence electrons. The summed E-state index contributed by atoms with van der Waals surface area (Å²) < 4.78 is 27.6. The number of anilines is 1. The van der Waals surface area contributed by atoms with Crippen molar-refractivity contribution in [2.45, 2.75) is 19.1 Å². The van der Waals surface area contributed by atoms with E-state index >= 15 is 0 Å². The molecule has 1 aromatic heterocycles. The predicted molar refractivity (Wildman–Crippen MR) is 63.8 cm³/mol. The Morgan fingerprint density at radius 3 is 2.75 bits per heavy atom. The van der Waals surface area contributed by atoms with Crippen LogP contribution in [-0.2, 0) is 17.1 Å². The van der Waals surface area contributed by atoms with Gasteiger partial charge in [-0.05, 0) is 13.5 Å². The fraction of sp³-hybridized carbons (Fsp3) is 0.667. The van der Waals surface area contributed by atoms with Crippen LogP contribution >= 0.6 is 0 Å². The molecule has 0 saturated heterocycles. The molecule has 0 amide bonds. The quantitative estimate of drug-likeness (QED) is 0.749. The Labute approximate surface area is 96.1 Å². The molecule has 0 aromatic carbocycles. The van der Waals surface area contributed by atoms with E-state index in [0.717, 1.165) is 6.54 Å². The van der Waals surface area contributed by atoms with Crippen LogP contribution in [-0.4, -0.2) is 36.5 Å². The summed E-state index contributed by atoms with van der Waals surface area (Å²) in [6.07, 6.45) is 1.69. The van der Waals surface area contributed by atoms with Gasteiger partial charge in [-0.15, -0.1) is 0 Å². The number of aromatic nitrogens is 2. The Hall–Kier alpha value is -1.08. The van der Waals surface area contributed by atoms with Crippen molar-refractivity contribution in [2.24, 2.45) is 7.05 Å². The van der Waals surface area contributed by atoms with Crippen LogP contribution in [0.3, 0.4) is 0 Å². The molecule has 16 heavy (non-hydrogen) atoms. The van der Waals surface area contributed by atoms with Gasteiger partial charge in [0.2, 0.25) is 10.0 Å². The Kier molecular flexibility index (Phi) is 4.31. The van der Waals surface area contributed by atoms with Gasteiger partial charge >= 0.3 is 0 Å².